The molecule has 2 amide bonds. The number of aryl methyl sites for hydroxylation is 1. The number of amides is 2. The second-order valence-electron chi connectivity index (χ2n) is 9.82. The summed E-state index contributed by atoms with van der Waals surface area (Å²) < 4.78 is 11.9. The van der Waals surface area contributed by atoms with Gasteiger partial charge in [0.1, 0.15) is 11.5 Å². The van der Waals surface area contributed by atoms with Gasteiger partial charge >= 0.3 is 6.03 Å². The Hall–Kier alpha value is -2.65. The molecular weight excluding hydrogens is 470 g/mol. The van der Waals surface area contributed by atoms with Gasteiger partial charge in [-0.05, 0) is 61.8 Å². The molecule has 204 valence electrons. The van der Waals surface area contributed by atoms with E-state index in [0.29, 0.717) is 30.2 Å². The second kappa shape index (κ2) is 14.3. The number of aliphatic hydroxyl groups is 2. The quantitative estimate of drug-likeness (QED) is 0.236. The highest BCUT2D eigenvalue weighted by Gasteiger charge is 2.32. The van der Waals surface area contributed by atoms with Crippen molar-refractivity contribution in [1.29, 1.82) is 0 Å². The van der Waals surface area contributed by atoms with Crippen molar-refractivity contribution in [2.45, 2.75) is 63.8 Å². The Morgan fingerprint density at radius 3 is 2.65 bits per heavy atom. The topological polar surface area (TPSA) is 117 Å². The molecule has 2 aromatic carbocycles. The van der Waals surface area contributed by atoms with Crippen LogP contribution in [0, 0.1) is 5.92 Å². The van der Waals surface area contributed by atoms with E-state index in [4.69, 9.17) is 15.2 Å². The van der Waals surface area contributed by atoms with E-state index < -0.39 is 11.9 Å². The Balaban J connectivity index is 1.55. The van der Waals surface area contributed by atoms with Crippen LogP contribution in [-0.2, 0) is 16.9 Å². The largest absolute Gasteiger partial charge is 0.457 e. The average molecular weight is 514 g/mol. The molecule has 1 aliphatic heterocycles. The highest BCUT2D eigenvalue weighted by molar-refractivity contribution is 5.74. The number of likely N-dealkylation sites (tertiary alicyclic amines) is 1. The fourth-order valence-electron chi connectivity index (χ4n) is 4.92. The van der Waals surface area contributed by atoms with Gasteiger partial charge in [0.05, 0.1) is 11.7 Å². The Labute approximate surface area is 220 Å². The number of aliphatic hydroxyl groups excluding tert-OH is 1. The van der Waals surface area contributed by atoms with E-state index >= 15 is 0 Å². The molecule has 0 aromatic heterocycles. The predicted octanol–water partition coefficient (Wildman–Crippen LogP) is 4.13. The molecule has 2 aromatic rings. The average Bonchev–Trinajstić information content (AvgIpc) is 2.94. The molecular formula is C29H43N3O5. The van der Waals surface area contributed by atoms with Gasteiger partial charge < -0.3 is 35.6 Å². The van der Waals surface area contributed by atoms with Crippen molar-refractivity contribution >= 4 is 6.03 Å². The summed E-state index contributed by atoms with van der Waals surface area (Å²) in [6.45, 7) is 3.81. The number of rotatable bonds is 13. The lowest BCUT2D eigenvalue weighted by Crippen LogP contribution is -2.48. The number of urea groups is 1. The molecule has 1 saturated heterocycles. The molecule has 0 radical (unpaired) electrons. The summed E-state index contributed by atoms with van der Waals surface area (Å²) in [5.41, 5.74) is 7.13. The van der Waals surface area contributed by atoms with E-state index in [-0.39, 0.29) is 19.1 Å². The Bertz CT molecular complexity index is 988. The zero-order valence-electron chi connectivity index (χ0n) is 22.2. The fraction of sp³-hybridized carbons (Fsp3) is 0.552. The maximum absolute atomic E-state index is 12.4. The minimum absolute atomic E-state index is 0.124. The van der Waals surface area contributed by atoms with E-state index in [9.17, 15) is 15.0 Å². The van der Waals surface area contributed by atoms with Crippen molar-refractivity contribution in [3.8, 4) is 11.5 Å². The SMILES string of the molecule is CCc1ccccc1Oc1ccccc1C(O)(CCCC[C@@H]1CCCN(C(=O)NCC(O)CN)C1)OC. The monoisotopic (exact) mass is 513 g/mol. The van der Waals surface area contributed by atoms with Crippen LogP contribution in [0.1, 0.15) is 56.6 Å². The number of para-hydroxylation sites is 2. The molecule has 37 heavy (non-hydrogen) atoms. The molecule has 3 atom stereocenters. The van der Waals surface area contributed by atoms with E-state index in [0.717, 1.165) is 56.4 Å². The number of carbonyl (C=O) groups is 1. The van der Waals surface area contributed by atoms with Gasteiger partial charge in [0.25, 0.3) is 0 Å². The number of nitrogens with zero attached hydrogens (tertiary/aromatic N) is 1. The van der Waals surface area contributed by atoms with Gasteiger partial charge in [-0.3, -0.25) is 0 Å². The van der Waals surface area contributed by atoms with Crippen LogP contribution in [-0.4, -0.2) is 60.5 Å². The number of unbranched alkanes of at least 4 members (excludes halogenated alkanes) is 1. The van der Waals surface area contributed by atoms with Crippen molar-refractivity contribution in [3.05, 3.63) is 59.7 Å². The van der Waals surface area contributed by atoms with Crippen LogP contribution in [0.25, 0.3) is 0 Å². The Kier molecular flexibility index (Phi) is 11.2. The summed E-state index contributed by atoms with van der Waals surface area (Å²) in [5, 5.41) is 23.8. The number of nitrogens with two attached hydrogens (primary N) is 1. The van der Waals surface area contributed by atoms with Crippen LogP contribution in [0.4, 0.5) is 4.79 Å². The van der Waals surface area contributed by atoms with Crippen LogP contribution in [0.3, 0.4) is 0 Å². The summed E-state index contributed by atoms with van der Waals surface area (Å²) in [4.78, 5) is 14.2. The van der Waals surface area contributed by atoms with Crippen LogP contribution < -0.4 is 15.8 Å². The molecule has 5 N–H and O–H groups in total. The number of carbonyl (C=O) groups excluding carboxylic acids is 1. The van der Waals surface area contributed by atoms with Gasteiger partial charge in [0.15, 0.2) is 5.79 Å². The molecule has 0 spiro atoms. The molecule has 1 heterocycles. The first-order valence-corrected chi connectivity index (χ1v) is 13.4. The van der Waals surface area contributed by atoms with Crippen molar-refractivity contribution in [2.24, 2.45) is 11.7 Å². The van der Waals surface area contributed by atoms with Gasteiger partial charge in [0.2, 0.25) is 0 Å². The van der Waals surface area contributed by atoms with Crippen LogP contribution in [0.15, 0.2) is 48.5 Å². The third-order valence-corrected chi connectivity index (χ3v) is 7.16. The van der Waals surface area contributed by atoms with Crippen molar-refractivity contribution in [3.63, 3.8) is 0 Å². The number of benzene rings is 2. The van der Waals surface area contributed by atoms with Crippen LogP contribution in [0.5, 0.6) is 11.5 Å². The highest BCUT2D eigenvalue weighted by atomic mass is 16.6. The first-order valence-electron chi connectivity index (χ1n) is 13.4. The number of methoxy groups -OCH3 is 1. The van der Waals surface area contributed by atoms with E-state index in [1.54, 1.807) is 0 Å². The Morgan fingerprint density at radius 1 is 1.19 bits per heavy atom. The maximum Gasteiger partial charge on any atom is 0.317 e. The molecule has 8 heteroatoms. The number of nitrogens with one attached hydrogen (secondary N) is 1. The lowest BCUT2D eigenvalue weighted by Gasteiger charge is -2.33. The summed E-state index contributed by atoms with van der Waals surface area (Å²) in [7, 11) is 1.52. The van der Waals surface area contributed by atoms with Gasteiger partial charge in [-0.2, -0.15) is 0 Å². The first-order chi connectivity index (χ1) is 17.9. The summed E-state index contributed by atoms with van der Waals surface area (Å²) in [6.07, 6.45) is 5.27. The smallest absolute Gasteiger partial charge is 0.317 e. The predicted molar refractivity (Wildman–Crippen MR) is 144 cm³/mol. The van der Waals surface area contributed by atoms with E-state index in [2.05, 4.69) is 12.2 Å². The van der Waals surface area contributed by atoms with Crippen molar-refractivity contribution in [1.82, 2.24) is 10.2 Å². The van der Waals surface area contributed by atoms with Crippen molar-refractivity contribution < 1.29 is 24.5 Å². The van der Waals surface area contributed by atoms with Crippen LogP contribution >= 0.6 is 0 Å². The minimum atomic E-state index is -1.46. The molecule has 0 saturated carbocycles. The molecule has 3 rings (SSSR count). The Morgan fingerprint density at radius 2 is 1.92 bits per heavy atom. The van der Waals surface area contributed by atoms with Gasteiger partial charge in [-0.25, -0.2) is 4.79 Å². The third kappa shape index (κ3) is 8.17. The van der Waals surface area contributed by atoms with Crippen LogP contribution in [0.2, 0.25) is 0 Å². The normalized spacial score (nSPS) is 18.2. The molecule has 0 bridgehead atoms. The second-order valence-corrected chi connectivity index (χ2v) is 9.82. The van der Waals surface area contributed by atoms with E-state index in [1.807, 2.05) is 53.4 Å². The fourth-order valence-corrected chi connectivity index (χ4v) is 4.92. The standard InChI is InChI=1S/C29H43N3O5/c1-3-23-13-4-6-15-26(23)37-27-16-7-5-14-25(27)29(35,36-2)17-9-8-11-22-12-10-18-32(21-22)28(34)31-20-24(33)19-30/h4-7,13-16,22,24,33,35H,3,8-12,17-21,30H2,1-2H3,(H,31,34)/t22-,24?,29?/m1/s1. The van der Waals surface area contributed by atoms with Crippen molar-refractivity contribution in [2.75, 3.05) is 33.3 Å². The van der Waals surface area contributed by atoms with Gasteiger partial charge in [0, 0.05) is 39.7 Å². The summed E-state index contributed by atoms with van der Waals surface area (Å²) in [5.74, 6) is 0.316. The number of piperidine rings is 1. The molecule has 1 fully saturated rings. The molecule has 8 nitrogen and oxygen atoms in total. The minimum Gasteiger partial charge on any atom is -0.457 e. The zero-order valence-corrected chi connectivity index (χ0v) is 22.2. The number of hydrogen-bond acceptors (Lipinski definition) is 6. The first kappa shape index (κ1) is 28.9. The maximum atomic E-state index is 12.4. The zero-order chi connectivity index (χ0) is 26.7. The molecule has 0 aliphatic carbocycles. The third-order valence-electron chi connectivity index (χ3n) is 7.16. The van der Waals surface area contributed by atoms with E-state index in [1.165, 1.54) is 7.11 Å². The lowest BCUT2D eigenvalue weighted by molar-refractivity contribution is -0.200. The van der Waals surface area contributed by atoms with Gasteiger partial charge in [-0.15, -0.1) is 0 Å². The lowest BCUT2D eigenvalue weighted by atomic mass is 9.91. The van der Waals surface area contributed by atoms with Gasteiger partial charge in [-0.1, -0.05) is 43.7 Å². The molecule has 2 unspecified atom stereocenters. The highest BCUT2D eigenvalue weighted by Crippen LogP contribution is 2.38. The summed E-state index contributed by atoms with van der Waals surface area (Å²) >= 11 is 0. The number of hydrogen-bond donors (Lipinski definition) is 4. The molecule has 1 aliphatic rings. The summed E-state index contributed by atoms with van der Waals surface area (Å²) in [6, 6.07) is 15.3. The number of ether oxygens (including phenoxy) is 2.